The van der Waals surface area contributed by atoms with Crippen LogP contribution in [0.15, 0.2) is 34.9 Å². The number of benzene rings is 1. The summed E-state index contributed by atoms with van der Waals surface area (Å²) >= 11 is 0. The Kier molecular flexibility index (Phi) is 5.57. The summed E-state index contributed by atoms with van der Waals surface area (Å²) in [6, 6.07) is 9.44. The van der Waals surface area contributed by atoms with Crippen molar-refractivity contribution in [2.75, 3.05) is 29.9 Å². The van der Waals surface area contributed by atoms with Gasteiger partial charge in [-0.2, -0.15) is 0 Å². The Balaban J connectivity index is 1.30. The van der Waals surface area contributed by atoms with Gasteiger partial charge in [-0.15, -0.1) is 0 Å². The molecular weight excluding hydrogens is 384 g/mol. The molecule has 1 N–H and O–H groups in total. The Labute approximate surface area is 175 Å². The number of nitrogens with one attached hydrogen (secondary N) is 1. The van der Waals surface area contributed by atoms with Gasteiger partial charge in [-0.1, -0.05) is 22.9 Å². The molecule has 1 atom stereocenters. The van der Waals surface area contributed by atoms with Crippen LogP contribution in [-0.4, -0.2) is 47.4 Å². The van der Waals surface area contributed by atoms with E-state index in [2.05, 4.69) is 10.5 Å². The average molecular weight is 410 g/mol. The second-order valence-corrected chi connectivity index (χ2v) is 8.15. The van der Waals surface area contributed by atoms with E-state index in [4.69, 9.17) is 4.52 Å². The topological polar surface area (TPSA) is 95.8 Å². The Hall–Kier alpha value is -3.16. The van der Waals surface area contributed by atoms with E-state index < -0.39 is 0 Å². The molecule has 8 nitrogen and oxygen atoms in total. The van der Waals surface area contributed by atoms with Crippen LogP contribution in [0.25, 0.3) is 0 Å². The molecule has 0 saturated carbocycles. The maximum Gasteiger partial charge on any atom is 0.228 e. The largest absolute Gasteiger partial charge is 0.360 e. The van der Waals surface area contributed by atoms with Gasteiger partial charge in [0.1, 0.15) is 5.76 Å². The molecule has 0 radical (unpaired) electrons. The van der Waals surface area contributed by atoms with Crippen LogP contribution in [0.4, 0.5) is 11.5 Å². The zero-order chi connectivity index (χ0) is 21.3. The molecule has 0 spiro atoms. The van der Waals surface area contributed by atoms with Gasteiger partial charge in [-0.05, 0) is 38.8 Å². The number of likely N-dealkylation sites (tertiary alicyclic amines) is 1. The Bertz CT molecular complexity index is 944. The molecule has 2 fully saturated rings. The quantitative estimate of drug-likeness (QED) is 0.836. The highest BCUT2D eigenvalue weighted by Crippen LogP contribution is 2.28. The Morgan fingerprint density at radius 2 is 1.80 bits per heavy atom. The maximum atomic E-state index is 13.0. The van der Waals surface area contributed by atoms with E-state index >= 15 is 0 Å². The molecule has 3 heterocycles. The van der Waals surface area contributed by atoms with Crippen molar-refractivity contribution in [2.45, 2.75) is 33.1 Å². The lowest BCUT2D eigenvalue weighted by Crippen LogP contribution is -2.44. The molecule has 3 amide bonds. The van der Waals surface area contributed by atoms with Crippen molar-refractivity contribution in [3.05, 3.63) is 41.7 Å². The summed E-state index contributed by atoms with van der Waals surface area (Å²) in [5.74, 6) is 0.436. The summed E-state index contributed by atoms with van der Waals surface area (Å²) in [5, 5.41) is 6.55. The van der Waals surface area contributed by atoms with Crippen molar-refractivity contribution in [1.29, 1.82) is 0 Å². The highest BCUT2D eigenvalue weighted by atomic mass is 16.5. The van der Waals surface area contributed by atoms with E-state index in [1.54, 1.807) is 22.8 Å². The number of piperidine rings is 1. The van der Waals surface area contributed by atoms with E-state index in [9.17, 15) is 14.4 Å². The number of aromatic nitrogens is 1. The molecule has 1 unspecified atom stereocenters. The van der Waals surface area contributed by atoms with Gasteiger partial charge < -0.3 is 19.6 Å². The van der Waals surface area contributed by atoms with Gasteiger partial charge in [0.15, 0.2) is 5.82 Å². The van der Waals surface area contributed by atoms with Crippen molar-refractivity contribution < 1.29 is 18.9 Å². The Morgan fingerprint density at radius 1 is 1.10 bits per heavy atom. The van der Waals surface area contributed by atoms with E-state index in [0.29, 0.717) is 44.1 Å². The van der Waals surface area contributed by atoms with E-state index in [0.717, 1.165) is 11.3 Å². The second-order valence-electron chi connectivity index (χ2n) is 8.15. The molecule has 2 aliphatic rings. The number of nitrogens with zero attached hydrogens (tertiary/aromatic N) is 3. The van der Waals surface area contributed by atoms with Crippen LogP contribution >= 0.6 is 0 Å². The second kappa shape index (κ2) is 8.30. The van der Waals surface area contributed by atoms with Crippen LogP contribution in [0, 0.1) is 25.7 Å². The molecule has 30 heavy (non-hydrogen) atoms. The first-order chi connectivity index (χ1) is 14.4. The number of rotatable bonds is 4. The van der Waals surface area contributed by atoms with Crippen LogP contribution < -0.4 is 10.2 Å². The molecule has 1 aromatic heterocycles. The van der Waals surface area contributed by atoms with Gasteiger partial charge in [0, 0.05) is 43.7 Å². The third kappa shape index (κ3) is 4.22. The highest BCUT2D eigenvalue weighted by molar-refractivity contribution is 6.00. The summed E-state index contributed by atoms with van der Waals surface area (Å²) < 4.78 is 4.96. The number of amides is 3. The van der Waals surface area contributed by atoms with E-state index in [1.165, 1.54) is 0 Å². The van der Waals surface area contributed by atoms with Crippen LogP contribution in [0.2, 0.25) is 0 Å². The van der Waals surface area contributed by atoms with Gasteiger partial charge in [0.05, 0.1) is 5.92 Å². The minimum atomic E-state index is -0.331. The van der Waals surface area contributed by atoms with Gasteiger partial charge in [-0.3, -0.25) is 14.4 Å². The van der Waals surface area contributed by atoms with Crippen LogP contribution in [0.1, 0.15) is 30.6 Å². The highest BCUT2D eigenvalue weighted by Gasteiger charge is 2.38. The van der Waals surface area contributed by atoms with E-state index in [1.807, 2.05) is 31.2 Å². The first kappa shape index (κ1) is 20.1. The number of hydrogen-bond donors (Lipinski definition) is 1. The molecule has 2 aromatic rings. The number of carbonyl (C=O) groups excluding carboxylic acids is 3. The van der Waals surface area contributed by atoms with E-state index in [-0.39, 0.29) is 36.0 Å². The first-order valence-corrected chi connectivity index (χ1v) is 10.3. The summed E-state index contributed by atoms with van der Waals surface area (Å²) in [4.78, 5) is 41.4. The van der Waals surface area contributed by atoms with Gasteiger partial charge >= 0.3 is 0 Å². The molecule has 4 rings (SSSR count). The zero-order valence-corrected chi connectivity index (χ0v) is 17.3. The monoisotopic (exact) mass is 410 g/mol. The maximum absolute atomic E-state index is 13.0. The molecule has 1 aromatic carbocycles. The van der Waals surface area contributed by atoms with Crippen molar-refractivity contribution in [1.82, 2.24) is 10.1 Å². The third-order valence-corrected chi connectivity index (χ3v) is 5.88. The van der Waals surface area contributed by atoms with Crippen molar-refractivity contribution in [3.63, 3.8) is 0 Å². The van der Waals surface area contributed by atoms with Gasteiger partial charge in [0.2, 0.25) is 17.7 Å². The summed E-state index contributed by atoms with van der Waals surface area (Å²) in [5.41, 5.74) is 1.96. The summed E-state index contributed by atoms with van der Waals surface area (Å²) in [6.07, 6.45) is 1.42. The van der Waals surface area contributed by atoms with Crippen LogP contribution in [-0.2, 0) is 14.4 Å². The minimum absolute atomic E-state index is 0.00365. The predicted octanol–water partition coefficient (Wildman–Crippen LogP) is 2.52. The molecule has 158 valence electrons. The van der Waals surface area contributed by atoms with Crippen molar-refractivity contribution >= 4 is 29.2 Å². The minimum Gasteiger partial charge on any atom is -0.360 e. The lowest BCUT2D eigenvalue weighted by Gasteiger charge is -2.32. The van der Waals surface area contributed by atoms with Crippen LogP contribution in [0.5, 0.6) is 0 Å². The SMILES string of the molecule is Cc1ccc(N2CC(C(=O)N3CCC(C(=O)Nc4cc(C)on4)CC3)CC2=O)cc1. The first-order valence-electron chi connectivity index (χ1n) is 10.3. The van der Waals surface area contributed by atoms with Crippen LogP contribution in [0.3, 0.4) is 0 Å². The molecule has 0 aliphatic carbocycles. The number of anilines is 2. The number of hydrogen-bond acceptors (Lipinski definition) is 5. The van der Waals surface area contributed by atoms with Gasteiger partial charge in [-0.25, -0.2) is 0 Å². The van der Waals surface area contributed by atoms with Crippen molar-refractivity contribution in [2.24, 2.45) is 11.8 Å². The lowest BCUT2D eigenvalue weighted by atomic mass is 9.94. The smallest absolute Gasteiger partial charge is 0.228 e. The van der Waals surface area contributed by atoms with Gasteiger partial charge in [0.25, 0.3) is 0 Å². The average Bonchev–Trinajstić information content (AvgIpc) is 3.33. The summed E-state index contributed by atoms with van der Waals surface area (Å²) in [6.45, 7) is 5.21. The fourth-order valence-electron chi connectivity index (χ4n) is 4.12. The molecule has 0 bridgehead atoms. The predicted molar refractivity (Wildman–Crippen MR) is 111 cm³/mol. The molecule has 8 heteroatoms. The lowest BCUT2D eigenvalue weighted by molar-refractivity contribution is -0.138. The standard InChI is InChI=1S/C22H26N4O4/c1-14-3-5-18(6-4-14)26-13-17(12-20(26)27)22(29)25-9-7-16(8-10-25)21(28)23-19-11-15(2)30-24-19/h3-6,11,16-17H,7-10,12-13H2,1-2H3,(H,23,24,28). The zero-order valence-electron chi connectivity index (χ0n) is 17.3. The molecular formula is C22H26N4O4. The molecule has 2 aliphatic heterocycles. The fourth-order valence-corrected chi connectivity index (χ4v) is 4.12. The fraction of sp³-hybridized carbons (Fsp3) is 0.455. The third-order valence-electron chi connectivity index (χ3n) is 5.88. The summed E-state index contributed by atoms with van der Waals surface area (Å²) in [7, 11) is 0. The number of aryl methyl sites for hydroxylation is 2. The molecule has 2 saturated heterocycles. The Morgan fingerprint density at radius 3 is 2.43 bits per heavy atom. The van der Waals surface area contributed by atoms with Crippen molar-refractivity contribution in [3.8, 4) is 0 Å². The normalized spacial score (nSPS) is 19.9. The number of carbonyl (C=O) groups is 3.